The van der Waals surface area contributed by atoms with Crippen LogP contribution in [-0.4, -0.2) is 35.0 Å². The monoisotopic (exact) mass is 326 g/mol. The van der Waals surface area contributed by atoms with E-state index >= 15 is 0 Å². The number of aliphatic hydroxyl groups excluding tert-OH is 1. The number of benzene rings is 1. The van der Waals surface area contributed by atoms with Gasteiger partial charge in [0, 0.05) is 28.7 Å². The predicted molar refractivity (Wildman–Crippen MR) is 97.5 cm³/mol. The van der Waals surface area contributed by atoms with Gasteiger partial charge in [-0.3, -0.25) is 0 Å². The third-order valence-electron chi connectivity index (χ3n) is 3.58. The van der Waals surface area contributed by atoms with Crippen molar-refractivity contribution in [2.24, 2.45) is 5.73 Å². The number of hydrogen-bond donors (Lipinski definition) is 2. The van der Waals surface area contributed by atoms with Gasteiger partial charge < -0.3 is 15.7 Å². The lowest BCUT2D eigenvalue weighted by atomic mass is 10.1. The van der Waals surface area contributed by atoms with E-state index < -0.39 is 0 Å². The van der Waals surface area contributed by atoms with Gasteiger partial charge in [-0.15, -0.1) is 11.8 Å². The molecule has 0 fully saturated rings. The molecule has 0 amide bonds. The van der Waals surface area contributed by atoms with Crippen molar-refractivity contribution in [2.75, 3.05) is 23.8 Å². The van der Waals surface area contributed by atoms with E-state index in [1.54, 1.807) is 11.8 Å². The number of nitrogens with zero attached hydrogens (tertiary/aromatic N) is 1. The van der Waals surface area contributed by atoms with E-state index in [0.717, 1.165) is 34.7 Å². The van der Waals surface area contributed by atoms with E-state index in [1.165, 1.54) is 0 Å². The van der Waals surface area contributed by atoms with Crippen molar-refractivity contribution < 1.29 is 5.11 Å². The molecular formula is C16H26N2OS2. The SMILES string of the molecule is CCSc1cccc(N(CCO)C(CC)CC)c1C(N)=S. The molecule has 3 N–H and O–H groups in total. The summed E-state index contributed by atoms with van der Waals surface area (Å²) in [7, 11) is 0. The highest BCUT2D eigenvalue weighted by Crippen LogP contribution is 2.32. The van der Waals surface area contributed by atoms with E-state index in [9.17, 15) is 5.11 Å². The molecule has 118 valence electrons. The number of aliphatic hydroxyl groups is 1. The first-order valence-corrected chi connectivity index (χ1v) is 8.93. The molecule has 0 aromatic heterocycles. The fraction of sp³-hybridized carbons (Fsp3) is 0.562. The molecule has 0 saturated heterocycles. The van der Waals surface area contributed by atoms with E-state index in [-0.39, 0.29) is 6.61 Å². The molecule has 0 saturated carbocycles. The Morgan fingerprint density at radius 2 is 2.00 bits per heavy atom. The maximum absolute atomic E-state index is 9.43. The molecule has 1 aromatic carbocycles. The molecule has 0 aliphatic rings. The van der Waals surface area contributed by atoms with Gasteiger partial charge >= 0.3 is 0 Å². The summed E-state index contributed by atoms with van der Waals surface area (Å²) in [6.45, 7) is 7.18. The van der Waals surface area contributed by atoms with Crippen LogP contribution in [0.25, 0.3) is 0 Å². The first-order valence-electron chi connectivity index (χ1n) is 7.53. The Kier molecular flexibility index (Phi) is 8.07. The largest absolute Gasteiger partial charge is 0.395 e. The summed E-state index contributed by atoms with van der Waals surface area (Å²) in [5.41, 5.74) is 7.98. The van der Waals surface area contributed by atoms with Crippen molar-refractivity contribution in [1.82, 2.24) is 0 Å². The summed E-state index contributed by atoms with van der Waals surface area (Å²) in [6, 6.07) is 6.55. The molecule has 21 heavy (non-hydrogen) atoms. The Morgan fingerprint density at radius 1 is 1.33 bits per heavy atom. The molecule has 0 aliphatic heterocycles. The summed E-state index contributed by atoms with van der Waals surface area (Å²) in [5, 5.41) is 9.43. The third-order valence-corrected chi connectivity index (χ3v) is 4.73. The first kappa shape index (κ1) is 18.3. The first-order chi connectivity index (χ1) is 10.1. The molecule has 3 nitrogen and oxygen atoms in total. The van der Waals surface area contributed by atoms with Crippen LogP contribution in [0, 0.1) is 0 Å². The van der Waals surface area contributed by atoms with Crippen LogP contribution < -0.4 is 10.6 Å². The van der Waals surface area contributed by atoms with Gasteiger partial charge in [0.05, 0.1) is 6.61 Å². The zero-order valence-corrected chi connectivity index (χ0v) is 14.8. The van der Waals surface area contributed by atoms with Gasteiger partial charge in [0.15, 0.2) is 0 Å². The summed E-state index contributed by atoms with van der Waals surface area (Å²) in [5.74, 6) is 0.976. The minimum absolute atomic E-state index is 0.123. The second-order valence-corrected chi connectivity index (χ2v) is 6.58. The van der Waals surface area contributed by atoms with Crippen LogP contribution in [0.4, 0.5) is 5.69 Å². The molecule has 0 radical (unpaired) electrons. The molecule has 5 heteroatoms. The van der Waals surface area contributed by atoms with Gasteiger partial charge in [-0.05, 0) is 30.7 Å². The normalized spacial score (nSPS) is 10.9. The lowest BCUT2D eigenvalue weighted by molar-refractivity contribution is 0.296. The van der Waals surface area contributed by atoms with Gasteiger partial charge in [-0.2, -0.15) is 0 Å². The highest BCUT2D eigenvalue weighted by molar-refractivity contribution is 7.99. The van der Waals surface area contributed by atoms with Gasteiger partial charge in [-0.1, -0.05) is 39.1 Å². The summed E-state index contributed by atoms with van der Waals surface area (Å²) < 4.78 is 0. The summed E-state index contributed by atoms with van der Waals surface area (Å²) >= 11 is 7.04. The lowest BCUT2D eigenvalue weighted by Crippen LogP contribution is -2.38. The maximum Gasteiger partial charge on any atom is 0.107 e. The van der Waals surface area contributed by atoms with Crippen LogP contribution in [0.1, 0.15) is 39.2 Å². The van der Waals surface area contributed by atoms with E-state index in [1.807, 2.05) is 6.07 Å². The topological polar surface area (TPSA) is 49.5 Å². The Bertz CT molecular complexity index is 462. The molecule has 0 aliphatic carbocycles. The quantitative estimate of drug-likeness (QED) is 0.538. The van der Waals surface area contributed by atoms with Crippen LogP contribution in [0.5, 0.6) is 0 Å². The second kappa shape index (κ2) is 9.28. The fourth-order valence-corrected chi connectivity index (χ4v) is 3.74. The van der Waals surface area contributed by atoms with Crippen LogP contribution in [0.2, 0.25) is 0 Å². The number of anilines is 1. The fourth-order valence-electron chi connectivity index (χ4n) is 2.62. The number of rotatable bonds is 9. The summed E-state index contributed by atoms with van der Waals surface area (Å²) in [4.78, 5) is 3.79. The van der Waals surface area contributed by atoms with Crippen molar-refractivity contribution in [1.29, 1.82) is 0 Å². The van der Waals surface area contributed by atoms with Gasteiger partial charge in [0.25, 0.3) is 0 Å². The van der Waals surface area contributed by atoms with Crippen LogP contribution >= 0.6 is 24.0 Å². The van der Waals surface area contributed by atoms with Crippen molar-refractivity contribution >= 4 is 34.7 Å². The van der Waals surface area contributed by atoms with Gasteiger partial charge in [-0.25, -0.2) is 0 Å². The van der Waals surface area contributed by atoms with E-state index in [4.69, 9.17) is 18.0 Å². The molecule has 1 aromatic rings. The van der Waals surface area contributed by atoms with E-state index in [0.29, 0.717) is 17.6 Å². The minimum atomic E-state index is 0.123. The van der Waals surface area contributed by atoms with Crippen LogP contribution in [-0.2, 0) is 0 Å². The number of thioether (sulfide) groups is 1. The highest BCUT2D eigenvalue weighted by atomic mass is 32.2. The molecule has 1 rings (SSSR count). The molecule has 0 atom stereocenters. The average Bonchev–Trinajstić information content (AvgIpc) is 2.47. The predicted octanol–water partition coefficient (Wildman–Crippen LogP) is 3.42. The minimum Gasteiger partial charge on any atom is -0.395 e. The van der Waals surface area contributed by atoms with Crippen molar-refractivity contribution in [2.45, 2.75) is 44.6 Å². The zero-order chi connectivity index (χ0) is 15.8. The highest BCUT2D eigenvalue weighted by Gasteiger charge is 2.21. The number of thiocarbonyl (C=S) groups is 1. The standard InChI is InChI=1S/C16H26N2OS2/c1-4-12(5-2)18(10-11-19)13-8-7-9-14(21-6-3)15(13)16(17)20/h7-9,12,19H,4-6,10-11H2,1-3H3,(H2,17,20). The Hall–Kier alpha value is -0.780. The maximum atomic E-state index is 9.43. The number of hydrogen-bond acceptors (Lipinski definition) is 4. The Morgan fingerprint density at radius 3 is 2.48 bits per heavy atom. The summed E-state index contributed by atoms with van der Waals surface area (Å²) in [6.07, 6.45) is 2.05. The van der Waals surface area contributed by atoms with Crippen LogP contribution in [0.15, 0.2) is 23.1 Å². The Labute approximate surface area is 137 Å². The van der Waals surface area contributed by atoms with Crippen molar-refractivity contribution in [3.05, 3.63) is 23.8 Å². The van der Waals surface area contributed by atoms with E-state index in [2.05, 4.69) is 37.8 Å². The molecule has 0 unspecified atom stereocenters. The third kappa shape index (κ3) is 4.59. The van der Waals surface area contributed by atoms with Crippen molar-refractivity contribution in [3.8, 4) is 0 Å². The lowest BCUT2D eigenvalue weighted by Gasteiger charge is -2.34. The van der Waals surface area contributed by atoms with Gasteiger partial charge in [0.2, 0.25) is 0 Å². The van der Waals surface area contributed by atoms with Crippen LogP contribution in [0.3, 0.4) is 0 Å². The molecule has 0 bridgehead atoms. The average molecular weight is 327 g/mol. The number of nitrogens with two attached hydrogens (primary N) is 1. The zero-order valence-electron chi connectivity index (χ0n) is 13.1. The second-order valence-electron chi connectivity index (χ2n) is 4.83. The molecule has 0 spiro atoms. The van der Waals surface area contributed by atoms with Gasteiger partial charge in [0.1, 0.15) is 4.99 Å². The molecule has 0 heterocycles. The van der Waals surface area contributed by atoms with Crippen molar-refractivity contribution in [3.63, 3.8) is 0 Å². The smallest absolute Gasteiger partial charge is 0.107 e. The molecular weight excluding hydrogens is 300 g/mol. The Balaban J connectivity index is 3.35.